The van der Waals surface area contributed by atoms with Gasteiger partial charge in [0.05, 0.1) is 43.7 Å². The van der Waals surface area contributed by atoms with Crippen LogP contribution in [0.5, 0.6) is 23.0 Å². The Bertz CT molecular complexity index is 1610. The van der Waals surface area contributed by atoms with Gasteiger partial charge in [-0.15, -0.1) is 0 Å². The third-order valence-electron chi connectivity index (χ3n) is 6.86. The van der Waals surface area contributed by atoms with Crippen molar-refractivity contribution in [1.29, 1.82) is 0 Å². The van der Waals surface area contributed by atoms with E-state index in [2.05, 4.69) is 21.2 Å². The maximum Gasteiger partial charge on any atom is 0.337 e. The number of esters is 1. The number of nitrogens with zero attached hydrogens (tertiary/aromatic N) is 1. The SMILES string of the molecule is CCOc1cc([C@H]2NC(=O)NC(C)=C2C(=O)OC)ccc1OC[C@@H](O)N/N=C\c1cc(Cl)c(OCc2ccc(C)cc2)c(OC)c1. The van der Waals surface area contributed by atoms with Gasteiger partial charge in [-0.3, -0.25) is 5.43 Å². The zero-order valence-corrected chi connectivity index (χ0v) is 26.9. The van der Waals surface area contributed by atoms with Crippen LogP contribution in [0.15, 0.2) is 71.0 Å². The molecule has 244 valence electrons. The Morgan fingerprint density at radius 1 is 1.04 bits per heavy atom. The van der Waals surface area contributed by atoms with Crippen LogP contribution >= 0.6 is 11.6 Å². The van der Waals surface area contributed by atoms with Crippen molar-refractivity contribution in [2.75, 3.05) is 27.4 Å². The molecule has 46 heavy (non-hydrogen) atoms. The molecule has 0 aliphatic carbocycles. The van der Waals surface area contributed by atoms with Gasteiger partial charge < -0.3 is 39.4 Å². The second-order valence-corrected chi connectivity index (χ2v) is 10.6. The van der Waals surface area contributed by atoms with Crippen LogP contribution in [0.1, 0.15) is 42.1 Å². The molecule has 0 spiro atoms. The number of hydrogen-bond donors (Lipinski definition) is 4. The molecule has 0 saturated carbocycles. The van der Waals surface area contributed by atoms with Gasteiger partial charge in [0.25, 0.3) is 0 Å². The number of carbonyl (C=O) groups excluding carboxylic acids is 2. The van der Waals surface area contributed by atoms with Gasteiger partial charge in [-0.1, -0.05) is 47.5 Å². The summed E-state index contributed by atoms with van der Waals surface area (Å²) in [5, 5.41) is 20.2. The highest BCUT2D eigenvalue weighted by atomic mass is 35.5. The summed E-state index contributed by atoms with van der Waals surface area (Å²) in [5.74, 6) is 0.969. The third-order valence-corrected chi connectivity index (χ3v) is 7.15. The summed E-state index contributed by atoms with van der Waals surface area (Å²) in [4.78, 5) is 24.6. The second kappa shape index (κ2) is 15.9. The maximum atomic E-state index is 12.5. The van der Waals surface area contributed by atoms with E-state index in [4.69, 9.17) is 35.3 Å². The van der Waals surface area contributed by atoms with E-state index < -0.39 is 24.3 Å². The molecule has 4 rings (SSSR count). The van der Waals surface area contributed by atoms with E-state index in [1.807, 2.05) is 38.1 Å². The summed E-state index contributed by atoms with van der Waals surface area (Å²) < 4.78 is 27.9. The Labute approximate surface area is 272 Å². The molecule has 3 aromatic rings. The van der Waals surface area contributed by atoms with E-state index in [1.54, 1.807) is 37.3 Å². The lowest BCUT2D eigenvalue weighted by Crippen LogP contribution is -2.45. The molecule has 1 heterocycles. The van der Waals surface area contributed by atoms with Crippen molar-refractivity contribution < 1.29 is 38.4 Å². The summed E-state index contributed by atoms with van der Waals surface area (Å²) >= 11 is 6.49. The molecule has 0 radical (unpaired) electrons. The van der Waals surface area contributed by atoms with Crippen LogP contribution < -0.4 is 35.0 Å². The van der Waals surface area contributed by atoms with E-state index in [9.17, 15) is 14.7 Å². The minimum atomic E-state index is -1.18. The molecule has 2 amide bonds. The Hall–Kier alpha value is -4.94. The largest absolute Gasteiger partial charge is 0.493 e. The highest BCUT2D eigenvalue weighted by Gasteiger charge is 2.32. The quantitative estimate of drug-likeness (QED) is 0.0837. The van der Waals surface area contributed by atoms with Gasteiger partial charge in [0, 0.05) is 5.70 Å². The number of rotatable bonds is 14. The van der Waals surface area contributed by atoms with Gasteiger partial charge >= 0.3 is 12.0 Å². The molecule has 1 aliphatic heterocycles. The number of benzene rings is 3. The molecular formula is C33H37ClN4O8. The van der Waals surface area contributed by atoms with Crippen LogP contribution in [-0.2, 0) is 16.1 Å². The second-order valence-electron chi connectivity index (χ2n) is 10.2. The fourth-order valence-corrected chi connectivity index (χ4v) is 4.89. The number of hydrazone groups is 1. The fraction of sp³-hybridized carbons (Fsp3) is 0.303. The lowest BCUT2D eigenvalue weighted by Gasteiger charge is -2.28. The van der Waals surface area contributed by atoms with E-state index in [0.29, 0.717) is 58.1 Å². The van der Waals surface area contributed by atoms with E-state index >= 15 is 0 Å². The van der Waals surface area contributed by atoms with Crippen molar-refractivity contribution >= 4 is 29.8 Å². The van der Waals surface area contributed by atoms with Crippen LogP contribution in [0.25, 0.3) is 0 Å². The monoisotopic (exact) mass is 652 g/mol. The zero-order chi connectivity index (χ0) is 33.2. The van der Waals surface area contributed by atoms with Crippen LogP contribution in [0, 0.1) is 6.92 Å². The first-order chi connectivity index (χ1) is 22.1. The topological polar surface area (TPSA) is 149 Å². The summed E-state index contributed by atoms with van der Waals surface area (Å²) in [6.07, 6.45) is 0.295. The number of aliphatic hydroxyl groups excluding tert-OH is 1. The molecule has 13 heteroatoms. The Morgan fingerprint density at radius 3 is 2.50 bits per heavy atom. The molecule has 2 atom stereocenters. The summed E-state index contributed by atoms with van der Waals surface area (Å²) in [6.45, 7) is 5.92. The van der Waals surface area contributed by atoms with E-state index in [0.717, 1.165) is 11.1 Å². The molecule has 0 saturated heterocycles. The first-order valence-corrected chi connectivity index (χ1v) is 14.8. The number of allylic oxidation sites excluding steroid dienone is 1. The van der Waals surface area contributed by atoms with Crippen molar-refractivity contribution in [3.63, 3.8) is 0 Å². The maximum absolute atomic E-state index is 12.5. The average molecular weight is 653 g/mol. The molecular weight excluding hydrogens is 616 g/mol. The molecule has 3 aromatic carbocycles. The number of aryl methyl sites for hydroxylation is 1. The van der Waals surface area contributed by atoms with Crippen molar-refractivity contribution in [1.82, 2.24) is 16.1 Å². The lowest BCUT2D eigenvalue weighted by molar-refractivity contribution is -0.136. The molecule has 1 aliphatic rings. The van der Waals surface area contributed by atoms with Crippen molar-refractivity contribution in [3.05, 3.63) is 93.1 Å². The number of nitrogens with one attached hydrogen (secondary N) is 3. The van der Waals surface area contributed by atoms with Gasteiger partial charge in [0.15, 0.2) is 29.2 Å². The number of methoxy groups -OCH3 is 2. The highest BCUT2D eigenvalue weighted by Crippen LogP contribution is 2.37. The van der Waals surface area contributed by atoms with Crippen molar-refractivity contribution in [2.45, 2.75) is 39.6 Å². The Morgan fingerprint density at radius 2 is 1.80 bits per heavy atom. The highest BCUT2D eigenvalue weighted by molar-refractivity contribution is 6.32. The van der Waals surface area contributed by atoms with Gasteiger partial charge in [-0.2, -0.15) is 5.10 Å². The number of hydrogen-bond acceptors (Lipinski definition) is 10. The lowest BCUT2D eigenvalue weighted by atomic mass is 9.95. The van der Waals surface area contributed by atoms with Crippen LogP contribution in [0.2, 0.25) is 5.02 Å². The number of urea groups is 1. The molecule has 0 unspecified atom stereocenters. The van der Waals surface area contributed by atoms with Gasteiger partial charge in [-0.05, 0) is 61.7 Å². The standard InChI is InChI=1S/C33H37ClN4O8/c1-6-44-26-15-23(30-29(32(40)43-5)20(3)36-33(41)37-30)11-12-25(26)45-18-28(39)38-35-16-22-13-24(34)31(27(14-22)42-4)46-17-21-9-7-19(2)8-10-21/h7-16,28,30,38-39H,6,17-18H2,1-5H3,(H2,36,37,41)/b35-16-/t28-,30-/m1/s1. The van der Waals surface area contributed by atoms with Gasteiger partial charge in [0.1, 0.15) is 13.2 Å². The predicted molar refractivity (Wildman–Crippen MR) is 172 cm³/mol. The first kappa shape index (κ1) is 33.9. The van der Waals surface area contributed by atoms with E-state index in [1.165, 1.54) is 20.4 Å². The Balaban J connectivity index is 1.38. The number of halogens is 1. The number of ether oxygens (including phenoxy) is 5. The minimum Gasteiger partial charge on any atom is -0.493 e. The normalized spacial score (nSPS) is 15.1. The van der Waals surface area contributed by atoms with Gasteiger partial charge in [0.2, 0.25) is 0 Å². The molecule has 0 fully saturated rings. The molecule has 4 N–H and O–H groups in total. The summed E-state index contributed by atoms with van der Waals surface area (Å²) in [6, 6.07) is 15.1. The predicted octanol–water partition coefficient (Wildman–Crippen LogP) is 4.76. The number of aliphatic hydroxyl groups is 1. The molecule has 12 nitrogen and oxygen atoms in total. The van der Waals surface area contributed by atoms with Crippen LogP contribution in [0.4, 0.5) is 4.79 Å². The number of amides is 2. The van der Waals surface area contributed by atoms with Crippen LogP contribution in [0.3, 0.4) is 0 Å². The van der Waals surface area contributed by atoms with Gasteiger partial charge in [-0.25, -0.2) is 9.59 Å². The average Bonchev–Trinajstić information content (AvgIpc) is 3.03. The molecule has 0 bridgehead atoms. The van der Waals surface area contributed by atoms with Crippen molar-refractivity contribution in [3.8, 4) is 23.0 Å². The minimum absolute atomic E-state index is 0.177. The Kier molecular flexibility index (Phi) is 11.7. The number of carbonyl (C=O) groups is 2. The summed E-state index contributed by atoms with van der Waals surface area (Å²) in [7, 11) is 2.79. The van der Waals surface area contributed by atoms with E-state index in [-0.39, 0.29) is 12.2 Å². The molecule has 0 aromatic heterocycles. The van der Waals surface area contributed by atoms with Crippen molar-refractivity contribution in [2.24, 2.45) is 5.10 Å². The fourth-order valence-electron chi connectivity index (χ4n) is 4.61. The van der Waals surface area contributed by atoms with Crippen LogP contribution in [-0.4, -0.2) is 57.0 Å². The smallest absolute Gasteiger partial charge is 0.337 e. The zero-order valence-electron chi connectivity index (χ0n) is 26.2. The first-order valence-electron chi connectivity index (χ1n) is 14.4. The summed E-state index contributed by atoms with van der Waals surface area (Å²) in [5.41, 5.74) is 6.60. The third kappa shape index (κ3) is 8.61.